The number of benzene rings is 1. The van der Waals surface area contributed by atoms with Crippen LogP contribution in [0.3, 0.4) is 0 Å². The minimum Gasteiger partial charge on any atom is -0.486 e. The summed E-state index contributed by atoms with van der Waals surface area (Å²) in [5, 5.41) is 3.11. The molecule has 1 saturated heterocycles. The third kappa shape index (κ3) is 3.78. The summed E-state index contributed by atoms with van der Waals surface area (Å²) in [4.78, 5) is 13.8. The van der Waals surface area contributed by atoms with Crippen LogP contribution in [0.5, 0.6) is 11.5 Å². The molecule has 0 spiro atoms. The molecule has 1 aromatic rings. The van der Waals surface area contributed by atoms with Crippen molar-refractivity contribution in [2.75, 3.05) is 26.3 Å². The summed E-state index contributed by atoms with van der Waals surface area (Å²) in [5.41, 5.74) is 1.22. The van der Waals surface area contributed by atoms with Crippen molar-refractivity contribution in [3.05, 3.63) is 23.8 Å². The molecule has 0 saturated carbocycles. The monoisotopic (exact) mass is 318 g/mol. The van der Waals surface area contributed by atoms with Gasteiger partial charge in [0, 0.05) is 32.6 Å². The fourth-order valence-corrected chi connectivity index (χ4v) is 3.58. The highest BCUT2D eigenvalue weighted by Crippen LogP contribution is 2.32. The van der Waals surface area contributed by atoms with E-state index in [9.17, 15) is 4.79 Å². The van der Waals surface area contributed by atoms with Crippen molar-refractivity contribution in [1.29, 1.82) is 0 Å². The van der Waals surface area contributed by atoms with E-state index in [0.717, 1.165) is 31.1 Å². The standard InChI is InChI=1S/C18H26N2O3/c1-12(2)15-10-20(11-16(15)19-13(3)21)9-14-4-5-17-18(8-14)23-7-6-22-17/h4-5,8,12,15-16H,6-7,9-11H2,1-3H3,(H,19,21)/t15-,16+/m0/s1. The van der Waals surface area contributed by atoms with E-state index in [1.807, 2.05) is 6.07 Å². The zero-order valence-electron chi connectivity index (χ0n) is 14.2. The number of carbonyl (C=O) groups is 1. The lowest BCUT2D eigenvalue weighted by Crippen LogP contribution is -2.40. The Labute approximate surface area is 137 Å². The Bertz CT molecular complexity index is 573. The molecule has 3 rings (SSSR count). The number of nitrogens with zero attached hydrogens (tertiary/aromatic N) is 1. The first-order valence-electron chi connectivity index (χ1n) is 8.41. The van der Waals surface area contributed by atoms with Crippen LogP contribution >= 0.6 is 0 Å². The van der Waals surface area contributed by atoms with Gasteiger partial charge in [-0.2, -0.15) is 0 Å². The molecule has 1 aromatic carbocycles. The summed E-state index contributed by atoms with van der Waals surface area (Å²) in [5.74, 6) is 2.78. The lowest BCUT2D eigenvalue weighted by atomic mass is 9.91. The van der Waals surface area contributed by atoms with Gasteiger partial charge in [0.2, 0.25) is 5.91 Å². The topological polar surface area (TPSA) is 50.8 Å². The largest absolute Gasteiger partial charge is 0.486 e. The van der Waals surface area contributed by atoms with Gasteiger partial charge < -0.3 is 14.8 Å². The van der Waals surface area contributed by atoms with Gasteiger partial charge >= 0.3 is 0 Å². The van der Waals surface area contributed by atoms with E-state index in [2.05, 4.69) is 36.2 Å². The number of fused-ring (bicyclic) bond motifs is 1. The summed E-state index contributed by atoms with van der Waals surface area (Å²) in [6.45, 7) is 10.1. The lowest BCUT2D eigenvalue weighted by molar-refractivity contribution is -0.119. The van der Waals surface area contributed by atoms with Gasteiger partial charge in [0.05, 0.1) is 0 Å². The van der Waals surface area contributed by atoms with E-state index in [1.165, 1.54) is 5.56 Å². The molecule has 0 radical (unpaired) electrons. The van der Waals surface area contributed by atoms with Crippen LogP contribution in [0.25, 0.3) is 0 Å². The van der Waals surface area contributed by atoms with Crippen molar-refractivity contribution in [1.82, 2.24) is 10.2 Å². The number of hydrogen-bond acceptors (Lipinski definition) is 4. The Kier molecular flexibility index (Phi) is 4.76. The van der Waals surface area contributed by atoms with E-state index < -0.39 is 0 Å². The molecule has 2 atom stereocenters. The highest BCUT2D eigenvalue weighted by molar-refractivity contribution is 5.73. The van der Waals surface area contributed by atoms with E-state index in [4.69, 9.17) is 9.47 Å². The Morgan fingerprint density at radius 2 is 2.00 bits per heavy atom. The maximum Gasteiger partial charge on any atom is 0.217 e. The predicted octanol–water partition coefficient (Wildman–Crippen LogP) is 2.05. The molecule has 1 fully saturated rings. The van der Waals surface area contributed by atoms with E-state index in [1.54, 1.807) is 6.92 Å². The van der Waals surface area contributed by atoms with Gasteiger partial charge in [0.25, 0.3) is 0 Å². The minimum atomic E-state index is 0.0572. The molecule has 2 heterocycles. The van der Waals surface area contributed by atoms with Crippen LogP contribution < -0.4 is 14.8 Å². The fourth-order valence-electron chi connectivity index (χ4n) is 3.58. The van der Waals surface area contributed by atoms with E-state index in [0.29, 0.717) is 25.0 Å². The van der Waals surface area contributed by atoms with Crippen molar-refractivity contribution in [2.24, 2.45) is 11.8 Å². The molecule has 0 bridgehead atoms. The molecular formula is C18H26N2O3. The van der Waals surface area contributed by atoms with Crippen LogP contribution in [-0.2, 0) is 11.3 Å². The van der Waals surface area contributed by atoms with Crippen LogP contribution in [0.1, 0.15) is 26.3 Å². The van der Waals surface area contributed by atoms with Gasteiger partial charge in [-0.3, -0.25) is 9.69 Å². The molecule has 2 aliphatic heterocycles. The average Bonchev–Trinajstić information content (AvgIpc) is 2.89. The highest BCUT2D eigenvalue weighted by Gasteiger charge is 2.35. The average molecular weight is 318 g/mol. The number of ether oxygens (including phenoxy) is 2. The zero-order valence-corrected chi connectivity index (χ0v) is 14.2. The van der Waals surface area contributed by atoms with Crippen LogP contribution in [-0.4, -0.2) is 43.2 Å². The Morgan fingerprint density at radius 3 is 2.70 bits per heavy atom. The summed E-state index contributed by atoms with van der Waals surface area (Å²) in [7, 11) is 0. The summed E-state index contributed by atoms with van der Waals surface area (Å²) in [6.07, 6.45) is 0. The maximum absolute atomic E-state index is 11.4. The van der Waals surface area contributed by atoms with Gasteiger partial charge in [0.15, 0.2) is 11.5 Å². The number of nitrogens with one attached hydrogen (secondary N) is 1. The Balaban J connectivity index is 1.67. The van der Waals surface area contributed by atoms with Crippen molar-refractivity contribution < 1.29 is 14.3 Å². The van der Waals surface area contributed by atoms with Gasteiger partial charge in [-0.15, -0.1) is 0 Å². The summed E-state index contributed by atoms with van der Waals surface area (Å²) >= 11 is 0. The SMILES string of the molecule is CC(=O)N[C@@H]1CN(Cc2ccc3c(c2)OCCO3)C[C@H]1C(C)C. The number of amides is 1. The molecule has 5 nitrogen and oxygen atoms in total. The summed E-state index contributed by atoms with van der Waals surface area (Å²) in [6, 6.07) is 6.41. The molecular weight excluding hydrogens is 292 g/mol. The van der Waals surface area contributed by atoms with E-state index in [-0.39, 0.29) is 11.9 Å². The first-order valence-corrected chi connectivity index (χ1v) is 8.41. The molecule has 1 N–H and O–H groups in total. The van der Waals surface area contributed by atoms with Crippen LogP contribution in [0.4, 0.5) is 0 Å². The second kappa shape index (κ2) is 6.79. The molecule has 1 amide bonds. The maximum atomic E-state index is 11.4. The molecule has 2 aliphatic rings. The molecule has 126 valence electrons. The van der Waals surface area contributed by atoms with Crippen LogP contribution in [0.15, 0.2) is 18.2 Å². The number of hydrogen-bond donors (Lipinski definition) is 1. The molecule has 0 aliphatic carbocycles. The first kappa shape index (κ1) is 16.1. The number of likely N-dealkylation sites (tertiary alicyclic amines) is 1. The van der Waals surface area contributed by atoms with Gasteiger partial charge in [-0.05, 0) is 29.5 Å². The van der Waals surface area contributed by atoms with Crippen molar-refractivity contribution in [3.63, 3.8) is 0 Å². The third-order valence-electron chi connectivity index (χ3n) is 4.70. The molecule has 0 aromatic heterocycles. The Hall–Kier alpha value is -1.75. The Morgan fingerprint density at radius 1 is 1.26 bits per heavy atom. The predicted molar refractivity (Wildman–Crippen MR) is 88.6 cm³/mol. The molecule has 23 heavy (non-hydrogen) atoms. The quantitative estimate of drug-likeness (QED) is 0.923. The van der Waals surface area contributed by atoms with E-state index >= 15 is 0 Å². The highest BCUT2D eigenvalue weighted by atomic mass is 16.6. The lowest BCUT2D eigenvalue weighted by Gasteiger charge is -2.22. The summed E-state index contributed by atoms with van der Waals surface area (Å²) < 4.78 is 11.2. The minimum absolute atomic E-state index is 0.0572. The van der Waals surface area contributed by atoms with Crippen LogP contribution in [0, 0.1) is 11.8 Å². The van der Waals surface area contributed by atoms with Gasteiger partial charge in [-0.1, -0.05) is 19.9 Å². The number of carbonyl (C=O) groups excluding carboxylic acids is 1. The van der Waals surface area contributed by atoms with Crippen molar-refractivity contribution in [2.45, 2.75) is 33.4 Å². The fraction of sp³-hybridized carbons (Fsp3) is 0.611. The van der Waals surface area contributed by atoms with Crippen molar-refractivity contribution in [3.8, 4) is 11.5 Å². The third-order valence-corrected chi connectivity index (χ3v) is 4.70. The zero-order chi connectivity index (χ0) is 16.4. The second-order valence-corrected chi connectivity index (χ2v) is 6.89. The smallest absolute Gasteiger partial charge is 0.217 e. The second-order valence-electron chi connectivity index (χ2n) is 6.89. The van der Waals surface area contributed by atoms with Crippen molar-refractivity contribution >= 4 is 5.91 Å². The first-order chi connectivity index (χ1) is 11.0. The number of rotatable bonds is 4. The normalized spacial score (nSPS) is 24.0. The van der Waals surface area contributed by atoms with Gasteiger partial charge in [-0.25, -0.2) is 0 Å². The van der Waals surface area contributed by atoms with Crippen LogP contribution in [0.2, 0.25) is 0 Å². The molecule has 0 unspecified atom stereocenters. The molecule has 5 heteroatoms. The van der Waals surface area contributed by atoms with Gasteiger partial charge in [0.1, 0.15) is 13.2 Å².